The second-order valence-electron chi connectivity index (χ2n) is 4.21. The fourth-order valence-corrected chi connectivity index (χ4v) is 2.03. The smallest absolute Gasteiger partial charge is 0.248 e. The van der Waals surface area contributed by atoms with Crippen LogP contribution in [0, 0.1) is 11.8 Å². The highest BCUT2D eigenvalue weighted by Crippen LogP contribution is 2.25. The Labute approximate surface area is 86.4 Å². The Balaban J connectivity index is 2.37. The average molecular weight is 199 g/mol. The van der Waals surface area contributed by atoms with Crippen molar-refractivity contribution in [3.63, 3.8) is 0 Å². The molecule has 14 heavy (non-hydrogen) atoms. The Kier molecular flexibility index (Phi) is 4.39. The summed E-state index contributed by atoms with van der Waals surface area (Å²) >= 11 is 0. The van der Waals surface area contributed by atoms with Gasteiger partial charge in [0.2, 0.25) is 5.91 Å². The van der Waals surface area contributed by atoms with E-state index in [1.54, 1.807) is 7.11 Å². The predicted molar refractivity (Wildman–Crippen MR) is 56.0 cm³/mol. The maximum absolute atomic E-state index is 11.5. The van der Waals surface area contributed by atoms with E-state index in [-0.39, 0.29) is 12.5 Å². The SMILES string of the molecule is CCC(C)C1CCN(C(=O)COC)C1. The van der Waals surface area contributed by atoms with Crippen LogP contribution in [0.2, 0.25) is 0 Å². The Morgan fingerprint density at radius 3 is 2.93 bits per heavy atom. The number of amides is 1. The highest BCUT2D eigenvalue weighted by molar-refractivity contribution is 5.77. The van der Waals surface area contributed by atoms with Crippen LogP contribution in [0.4, 0.5) is 0 Å². The molecule has 1 fully saturated rings. The summed E-state index contributed by atoms with van der Waals surface area (Å²) < 4.78 is 4.85. The zero-order chi connectivity index (χ0) is 10.6. The molecule has 0 radical (unpaired) electrons. The molecule has 2 unspecified atom stereocenters. The molecule has 1 amide bonds. The molecule has 0 N–H and O–H groups in total. The fourth-order valence-electron chi connectivity index (χ4n) is 2.03. The van der Waals surface area contributed by atoms with Crippen molar-refractivity contribution in [1.82, 2.24) is 4.90 Å². The van der Waals surface area contributed by atoms with Crippen molar-refractivity contribution in [2.24, 2.45) is 11.8 Å². The summed E-state index contributed by atoms with van der Waals surface area (Å²) in [5.74, 6) is 1.56. The summed E-state index contributed by atoms with van der Waals surface area (Å²) in [6.45, 7) is 6.56. The molecule has 1 aliphatic heterocycles. The third kappa shape index (κ3) is 2.71. The van der Waals surface area contributed by atoms with E-state index < -0.39 is 0 Å². The van der Waals surface area contributed by atoms with E-state index in [2.05, 4.69) is 13.8 Å². The molecule has 82 valence electrons. The van der Waals surface area contributed by atoms with Gasteiger partial charge >= 0.3 is 0 Å². The van der Waals surface area contributed by atoms with Gasteiger partial charge in [-0.2, -0.15) is 0 Å². The van der Waals surface area contributed by atoms with Gasteiger partial charge in [0, 0.05) is 20.2 Å². The van der Waals surface area contributed by atoms with Gasteiger partial charge in [-0.15, -0.1) is 0 Å². The molecule has 2 atom stereocenters. The van der Waals surface area contributed by atoms with Gasteiger partial charge in [0.25, 0.3) is 0 Å². The summed E-state index contributed by atoms with van der Waals surface area (Å²) in [6.07, 6.45) is 2.36. The number of hydrogen-bond acceptors (Lipinski definition) is 2. The lowest BCUT2D eigenvalue weighted by Gasteiger charge is -2.19. The lowest BCUT2D eigenvalue weighted by molar-refractivity contribution is -0.134. The fraction of sp³-hybridized carbons (Fsp3) is 0.909. The zero-order valence-electron chi connectivity index (χ0n) is 9.45. The van der Waals surface area contributed by atoms with Crippen LogP contribution >= 0.6 is 0 Å². The van der Waals surface area contributed by atoms with E-state index in [4.69, 9.17) is 4.74 Å². The van der Waals surface area contributed by atoms with Gasteiger partial charge in [0.05, 0.1) is 0 Å². The third-order valence-electron chi connectivity index (χ3n) is 3.29. The molecular weight excluding hydrogens is 178 g/mol. The first-order chi connectivity index (χ1) is 6.69. The molecule has 0 bridgehead atoms. The first-order valence-corrected chi connectivity index (χ1v) is 5.45. The van der Waals surface area contributed by atoms with Crippen molar-refractivity contribution in [1.29, 1.82) is 0 Å². The summed E-state index contributed by atoms with van der Waals surface area (Å²) in [4.78, 5) is 13.4. The monoisotopic (exact) mass is 199 g/mol. The summed E-state index contributed by atoms with van der Waals surface area (Å²) in [5.41, 5.74) is 0. The van der Waals surface area contributed by atoms with Crippen molar-refractivity contribution in [3.8, 4) is 0 Å². The van der Waals surface area contributed by atoms with Gasteiger partial charge in [0.15, 0.2) is 0 Å². The van der Waals surface area contributed by atoms with Gasteiger partial charge < -0.3 is 9.64 Å². The van der Waals surface area contributed by atoms with E-state index in [0.29, 0.717) is 5.92 Å². The van der Waals surface area contributed by atoms with Gasteiger partial charge in [-0.25, -0.2) is 0 Å². The van der Waals surface area contributed by atoms with Crippen LogP contribution in [0.1, 0.15) is 26.7 Å². The van der Waals surface area contributed by atoms with Gasteiger partial charge in [-0.1, -0.05) is 20.3 Å². The average Bonchev–Trinajstić information content (AvgIpc) is 2.66. The number of rotatable bonds is 4. The number of methoxy groups -OCH3 is 1. The van der Waals surface area contributed by atoms with Crippen molar-refractivity contribution in [2.45, 2.75) is 26.7 Å². The van der Waals surface area contributed by atoms with E-state index in [9.17, 15) is 4.79 Å². The summed E-state index contributed by atoms with van der Waals surface area (Å²) in [5, 5.41) is 0. The lowest BCUT2D eigenvalue weighted by atomic mass is 9.91. The van der Waals surface area contributed by atoms with E-state index in [0.717, 1.165) is 25.4 Å². The quantitative estimate of drug-likeness (QED) is 0.687. The molecule has 3 nitrogen and oxygen atoms in total. The molecule has 0 aromatic rings. The molecule has 0 aromatic carbocycles. The minimum atomic E-state index is 0.137. The topological polar surface area (TPSA) is 29.5 Å². The third-order valence-corrected chi connectivity index (χ3v) is 3.29. The van der Waals surface area contributed by atoms with E-state index in [1.165, 1.54) is 6.42 Å². The molecule has 0 aliphatic carbocycles. The molecule has 0 saturated carbocycles. The molecule has 1 saturated heterocycles. The predicted octanol–water partition coefficient (Wildman–Crippen LogP) is 1.53. The van der Waals surface area contributed by atoms with Crippen LogP contribution in [-0.2, 0) is 9.53 Å². The van der Waals surface area contributed by atoms with Crippen molar-refractivity contribution < 1.29 is 9.53 Å². The Hall–Kier alpha value is -0.570. The molecule has 0 aromatic heterocycles. The maximum Gasteiger partial charge on any atom is 0.248 e. The zero-order valence-corrected chi connectivity index (χ0v) is 9.45. The summed E-state index contributed by atoms with van der Waals surface area (Å²) in [6, 6.07) is 0. The number of ether oxygens (including phenoxy) is 1. The van der Waals surface area contributed by atoms with Crippen molar-refractivity contribution >= 4 is 5.91 Å². The molecule has 1 heterocycles. The maximum atomic E-state index is 11.5. The van der Waals surface area contributed by atoms with Crippen LogP contribution in [0.25, 0.3) is 0 Å². The molecule has 1 aliphatic rings. The molecule has 3 heteroatoms. The summed E-state index contributed by atoms with van der Waals surface area (Å²) in [7, 11) is 1.57. The second kappa shape index (κ2) is 5.35. The van der Waals surface area contributed by atoms with Crippen LogP contribution < -0.4 is 0 Å². The molecular formula is C11H21NO2. The van der Waals surface area contributed by atoms with Crippen LogP contribution in [-0.4, -0.2) is 37.6 Å². The Morgan fingerprint density at radius 2 is 2.36 bits per heavy atom. The number of carbonyl (C=O) groups is 1. The number of carbonyl (C=O) groups excluding carboxylic acids is 1. The molecule has 0 spiro atoms. The number of nitrogens with zero attached hydrogens (tertiary/aromatic N) is 1. The van der Waals surface area contributed by atoms with Gasteiger partial charge in [-0.05, 0) is 18.3 Å². The Morgan fingerprint density at radius 1 is 1.64 bits per heavy atom. The standard InChI is InChI=1S/C11H21NO2/c1-4-9(2)10-5-6-12(7-10)11(13)8-14-3/h9-10H,4-8H2,1-3H3. The second-order valence-corrected chi connectivity index (χ2v) is 4.21. The highest BCUT2D eigenvalue weighted by Gasteiger charge is 2.28. The normalized spacial score (nSPS) is 23.9. The van der Waals surface area contributed by atoms with Crippen LogP contribution in [0.15, 0.2) is 0 Å². The van der Waals surface area contributed by atoms with Crippen LogP contribution in [0.3, 0.4) is 0 Å². The largest absolute Gasteiger partial charge is 0.375 e. The minimum Gasteiger partial charge on any atom is -0.375 e. The van der Waals surface area contributed by atoms with Gasteiger partial charge in [-0.3, -0.25) is 4.79 Å². The highest BCUT2D eigenvalue weighted by atomic mass is 16.5. The van der Waals surface area contributed by atoms with E-state index >= 15 is 0 Å². The van der Waals surface area contributed by atoms with Gasteiger partial charge in [0.1, 0.15) is 6.61 Å². The number of hydrogen-bond donors (Lipinski definition) is 0. The molecule has 1 rings (SSSR count). The first-order valence-electron chi connectivity index (χ1n) is 5.45. The van der Waals surface area contributed by atoms with Crippen molar-refractivity contribution in [2.75, 3.05) is 26.8 Å². The minimum absolute atomic E-state index is 0.137. The van der Waals surface area contributed by atoms with Crippen molar-refractivity contribution in [3.05, 3.63) is 0 Å². The number of likely N-dealkylation sites (tertiary alicyclic amines) is 1. The lowest BCUT2D eigenvalue weighted by Crippen LogP contribution is -2.32. The van der Waals surface area contributed by atoms with E-state index in [1.807, 2.05) is 4.90 Å². The first kappa shape index (κ1) is 11.5. The Bertz CT molecular complexity index is 194. The van der Waals surface area contributed by atoms with Crippen LogP contribution in [0.5, 0.6) is 0 Å².